The molecule has 0 unspecified atom stereocenters. The Labute approximate surface area is 165 Å². The van der Waals surface area contributed by atoms with Crippen molar-refractivity contribution in [1.82, 2.24) is 5.32 Å². The normalized spacial score (nSPS) is 14.2. The van der Waals surface area contributed by atoms with Gasteiger partial charge in [0, 0.05) is 12.6 Å². The molecule has 7 nitrogen and oxygen atoms in total. The molecule has 28 heavy (non-hydrogen) atoms. The highest BCUT2D eigenvalue weighted by atomic mass is 32.2. The number of nitrogens with zero attached hydrogens (tertiary/aromatic N) is 1. The molecule has 1 N–H and O–H groups in total. The highest BCUT2D eigenvalue weighted by Gasteiger charge is 2.18. The minimum Gasteiger partial charge on any atom is -0.486 e. The van der Waals surface area contributed by atoms with Gasteiger partial charge in [-0.3, -0.25) is 9.10 Å². The van der Waals surface area contributed by atoms with Gasteiger partial charge in [-0.05, 0) is 55.8 Å². The second-order valence-electron chi connectivity index (χ2n) is 6.51. The van der Waals surface area contributed by atoms with Crippen LogP contribution in [-0.4, -0.2) is 40.3 Å². The molecule has 0 saturated carbocycles. The predicted molar refractivity (Wildman–Crippen MR) is 108 cm³/mol. The van der Waals surface area contributed by atoms with Crippen LogP contribution in [0.25, 0.3) is 0 Å². The van der Waals surface area contributed by atoms with Gasteiger partial charge < -0.3 is 14.8 Å². The fourth-order valence-electron chi connectivity index (χ4n) is 2.87. The third-order valence-electron chi connectivity index (χ3n) is 4.69. The molecule has 1 heterocycles. The number of carbonyl (C=O) groups excluding carboxylic acids is 1. The van der Waals surface area contributed by atoms with Crippen molar-refractivity contribution in [1.29, 1.82) is 0 Å². The summed E-state index contributed by atoms with van der Waals surface area (Å²) in [5.41, 5.74) is 1.87. The lowest BCUT2D eigenvalue weighted by Crippen LogP contribution is -2.28. The summed E-state index contributed by atoms with van der Waals surface area (Å²) in [5.74, 6) is 1.15. The first kappa shape index (κ1) is 20.0. The largest absolute Gasteiger partial charge is 0.486 e. The molecule has 0 fully saturated rings. The lowest BCUT2D eigenvalue weighted by molar-refractivity contribution is 0.0939. The molecular formula is C20H24N2O5S. The number of hydrogen-bond acceptors (Lipinski definition) is 5. The summed E-state index contributed by atoms with van der Waals surface area (Å²) in [4.78, 5) is 12.6. The van der Waals surface area contributed by atoms with Gasteiger partial charge in [0.25, 0.3) is 5.91 Å². The van der Waals surface area contributed by atoms with Gasteiger partial charge in [-0.25, -0.2) is 8.42 Å². The van der Waals surface area contributed by atoms with Gasteiger partial charge in [0.05, 0.1) is 17.5 Å². The minimum absolute atomic E-state index is 0.0127. The highest BCUT2D eigenvalue weighted by molar-refractivity contribution is 7.92. The predicted octanol–water partition coefficient (Wildman–Crippen LogP) is 2.73. The first-order chi connectivity index (χ1) is 13.3. The van der Waals surface area contributed by atoms with Crippen LogP contribution in [0.2, 0.25) is 0 Å². The van der Waals surface area contributed by atoms with Gasteiger partial charge in [-0.15, -0.1) is 0 Å². The molecule has 1 atom stereocenters. The molecule has 150 valence electrons. The minimum atomic E-state index is -3.34. The molecule has 1 aliphatic heterocycles. The number of benzene rings is 2. The summed E-state index contributed by atoms with van der Waals surface area (Å²) >= 11 is 0. The zero-order chi connectivity index (χ0) is 20.3. The Balaban J connectivity index is 1.69. The van der Waals surface area contributed by atoms with Crippen LogP contribution in [0.15, 0.2) is 42.5 Å². The highest BCUT2D eigenvalue weighted by Crippen LogP contribution is 2.32. The zero-order valence-corrected chi connectivity index (χ0v) is 17.0. The maximum atomic E-state index is 12.6. The van der Waals surface area contributed by atoms with Crippen molar-refractivity contribution in [3.05, 3.63) is 53.6 Å². The second-order valence-corrected chi connectivity index (χ2v) is 8.80. The van der Waals surface area contributed by atoms with E-state index in [4.69, 9.17) is 9.47 Å². The van der Waals surface area contributed by atoms with Crippen LogP contribution in [0.1, 0.15) is 35.8 Å². The Morgan fingerprint density at radius 2 is 1.75 bits per heavy atom. The molecule has 0 saturated heterocycles. The van der Waals surface area contributed by atoms with Crippen molar-refractivity contribution in [2.75, 3.05) is 30.3 Å². The number of hydrogen-bond donors (Lipinski definition) is 1. The molecule has 2 aromatic carbocycles. The zero-order valence-electron chi connectivity index (χ0n) is 16.1. The smallest absolute Gasteiger partial charge is 0.251 e. The number of nitrogens with one attached hydrogen (secondary N) is 1. The molecule has 0 spiro atoms. The van der Waals surface area contributed by atoms with Crippen LogP contribution in [0, 0.1) is 0 Å². The summed E-state index contributed by atoms with van der Waals surface area (Å²) < 4.78 is 36.2. The average molecular weight is 404 g/mol. The Morgan fingerprint density at radius 1 is 1.11 bits per heavy atom. The van der Waals surface area contributed by atoms with Gasteiger partial charge >= 0.3 is 0 Å². The average Bonchev–Trinajstić information content (AvgIpc) is 2.72. The van der Waals surface area contributed by atoms with Crippen molar-refractivity contribution < 1.29 is 22.7 Å². The van der Waals surface area contributed by atoms with Crippen molar-refractivity contribution in [2.24, 2.45) is 0 Å². The number of rotatable bonds is 6. The Bertz CT molecular complexity index is 957. The second kappa shape index (κ2) is 8.10. The van der Waals surface area contributed by atoms with E-state index < -0.39 is 10.0 Å². The summed E-state index contributed by atoms with van der Waals surface area (Å²) in [7, 11) is -1.84. The van der Waals surface area contributed by atoms with Gasteiger partial charge in [0.15, 0.2) is 11.5 Å². The molecular weight excluding hydrogens is 380 g/mol. The van der Waals surface area contributed by atoms with Gasteiger partial charge in [0.1, 0.15) is 13.2 Å². The first-order valence-electron chi connectivity index (χ1n) is 9.09. The number of ether oxygens (including phenoxy) is 2. The maximum absolute atomic E-state index is 12.6. The third kappa shape index (κ3) is 4.22. The quantitative estimate of drug-likeness (QED) is 0.800. The van der Waals surface area contributed by atoms with Crippen LogP contribution in [0.4, 0.5) is 5.69 Å². The van der Waals surface area contributed by atoms with E-state index >= 15 is 0 Å². The van der Waals surface area contributed by atoms with E-state index in [2.05, 4.69) is 5.32 Å². The lowest BCUT2D eigenvalue weighted by Gasteiger charge is -2.21. The number of sulfonamides is 1. The Morgan fingerprint density at radius 3 is 2.39 bits per heavy atom. The topological polar surface area (TPSA) is 84.9 Å². The third-order valence-corrected chi connectivity index (χ3v) is 6.46. The number of carbonyl (C=O) groups is 1. The van der Waals surface area contributed by atoms with Crippen LogP contribution >= 0.6 is 0 Å². The fraction of sp³-hybridized carbons (Fsp3) is 0.350. The molecule has 1 amide bonds. The van der Waals surface area contributed by atoms with E-state index in [1.165, 1.54) is 11.4 Å². The van der Waals surface area contributed by atoms with E-state index in [0.29, 0.717) is 36.0 Å². The summed E-state index contributed by atoms with van der Waals surface area (Å²) in [6.45, 7) is 4.52. The standard InChI is InChI=1S/C20H24N2O5S/c1-4-28(24,25)22(3)17-8-5-15(6-9-17)20(23)21-14(2)16-7-10-18-19(13-16)27-12-11-26-18/h5-10,13-14H,4,11-12H2,1-3H3,(H,21,23)/t14-/m1/s1. The van der Waals surface area contributed by atoms with E-state index in [-0.39, 0.29) is 17.7 Å². The fourth-order valence-corrected chi connectivity index (χ4v) is 3.70. The van der Waals surface area contributed by atoms with E-state index in [1.807, 2.05) is 25.1 Å². The summed E-state index contributed by atoms with van der Waals surface area (Å²) in [6, 6.07) is 11.8. The number of anilines is 1. The van der Waals surface area contributed by atoms with Gasteiger partial charge in [-0.2, -0.15) is 0 Å². The molecule has 1 aliphatic rings. The molecule has 8 heteroatoms. The molecule has 0 radical (unpaired) electrons. The van der Waals surface area contributed by atoms with Crippen LogP contribution in [-0.2, 0) is 10.0 Å². The monoisotopic (exact) mass is 404 g/mol. The van der Waals surface area contributed by atoms with E-state index in [9.17, 15) is 13.2 Å². The van der Waals surface area contributed by atoms with Crippen LogP contribution < -0.4 is 19.1 Å². The lowest BCUT2D eigenvalue weighted by atomic mass is 10.1. The van der Waals surface area contributed by atoms with Crippen molar-refractivity contribution >= 4 is 21.6 Å². The first-order valence-corrected chi connectivity index (χ1v) is 10.7. The SMILES string of the molecule is CCS(=O)(=O)N(C)c1ccc(C(=O)N[C@H](C)c2ccc3c(c2)OCCO3)cc1. The van der Waals surface area contributed by atoms with Crippen molar-refractivity contribution in [3.63, 3.8) is 0 Å². The molecule has 0 bridgehead atoms. The van der Waals surface area contributed by atoms with Crippen molar-refractivity contribution in [3.8, 4) is 11.5 Å². The van der Waals surface area contributed by atoms with Gasteiger partial charge in [0.2, 0.25) is 10.0 Å². The maximum Gasteiger partial charge on any atom is 0.251 e. The van der Waals surface area contributed by atoms with Gasteiger partial charge in [-0.1, -0.05) is 6.07 Å². The Hall–Kier alpha value is -2.74. The molecule has 0 aliphatic carbocycles. The Kier molecular flexibility index (Phi) is 5.79. The van der Waals surface area contributed by atoms with Crippen LogP contribution in [0.5, 0.6) is 11.5 Å². The van der Waals surface area contributed by atoms with E-state index in [0.717, 1.165) is 5.56 Å². The summed E-state index contributed by atoms with van der Waals surface area (Å²) in [5, 5.41) is 2.94. The van der Waals surface area contributed by atoms with Crippen molar-refractivity contribution in [2.45, 2.75) is 19.9 Å². The number of fused-ring (bicyclic) bond motifs is 1. The molecule has 0 aromatic heterocycles. The molecule has 3 rings (SSSR count). The number of amides is 1. The van der Waals surface area contributed by atoms with Crippen LogP contribution in [0.3, 0.4) is 0 Å². The molecule has 2 aromatic rings. The van der Waals surface area contributed by atoms with E-state index in [1.54, 1.807) is 31.2 Å². The summed E-state index contributed by atoms with van der Waals surface area (Å²) in [6.07, 6.45) is 0.